The topological polar surface area (TPSA) is 78.4 Å². The molecule has 1 aromatic heterocycles. The molecule has 5 nitrogen and oxygen atoms in total. The van der Waals surface area contributed by atoms with E-state index < -0.39 is 5.97 Å². The second kappa shape index (κ2) is 6.68. The maximum atomic E-state index is 11.7. The Bertz CT molecular complexity index is 468. The van der Waals surface area contributed by atoms with E-state index in [-0.39, 0.29) is 18.0 Å². The van der Waals surface area contributed by atoms with Crippen LogP contribution in [0.1, 0.15) is 40.9 Å². The van der Waals surface area contributed by atoms with Crippen LogP contribution in [0.25, 0.3) is 0 Å². The number of nitrogens with one attached hydrogen (secondary N) is 2. The average molecular weight is 284 g/mol. The van der Waals surface area contributed by atoms with Crippen LogP contribution in [-0.4, -0.2) is 29.1 Å². The smallest absolute Gasteiger partial charge is 0.345 e. The van der Waals surface area contributed by atoms with Crippen molar-refractivity contribution in [1.29, 1.82) is 0 Å². The number of carbonyl (C=O) groups is 2. The molecule has 1 atom stereocenters. The van der Waals surface area contributed by atoms with Gasteiger partial charge in [0.25, 0.3) is 0 Å². The molecule has 1 heterocycles. The van der Waals surface area contributed by atoms with Gasteiger partial charge in [-0.3, -0.25) is 4.79 Å². The molecule has 0 bridgehead atoms. The molecule has 0 spiro atoms. The summed E-state index contributed by atoms with van der Waals surface area (Å²) in [6.07, 6.45) is 0. The minimum Gasteiger partial charge on any atom is -0.477 e. The van der Waals surface area contributed by atoms with Crippen molar-refractivity contribution in [2.75, 3.05) is 0 Å². The molecule has 0 saturated carbocycles. The highest BCUT2D eigenvalue weighted by Gasteiger charge is 2.15. The van der Waals surface area contributed by atoms with Gasteiger partial charge in [0.15, 0.2) is 0 Å². The number of thiophene rings is 1. The van der Waals surface area contributed by atoms with Crippen molar-refractivity contribution in [2.45, 2.75) is 46.3 Å². The van der Waals surface area contributed by atoms with Crippen LogP contribution in [0.15, 0.2) is 6.07 Å². The van der Waals surface area contributed by atoms with Gasteiger partial charge >= 0.3 is 5.97 Å². The van der Waals surface area contributed by atoms with Crippen LogP contribution < -0.4 is 10.6 Å². The minimum atomic E-state index is -0.912. The van der Waals surface area contributed by atoms with Gasteiger partial charge in [-0.1, -0.05) is 0 Å². The van der Waals surface area contributed by atoms with E-state index in [1.165, 1.54) is 11.3 Å². The standard InChI is InChI=1S/C13H20N2O3S/c1-7(2)15-12(16)8(3)14-6-10-5-11(13(17)18)19-9(10)4/h5,7-8,14H,6H2,1-4H3,(H,15,16)(H,17,18). The lowest BCUT2D eigenvalue weighted by Gasteiger charge is -2.15. The van der Waals surface area contributed by atoms with Crippen molar-refractivity contribution in [2.24, 2.45) is 0 Å². The van der Waals surface area contributed by atoms with Gasteiger partial charge in [-0.05, 0) is 39.3 Å². The molecule has 1 aromatic rings. The van der Waals surface area contributed by atoms with Gasteiger partial charge in [-0.2, -0.15) is 0 Å². The summed E-state index contributed by atoms with van der Waals surface area (Å²) in [5.41, 5.74) is 0.923. The summed E-state index contributed by atoms with van der Waals surface area (Å²) >= 11 is 1.25. The Morgan fingerprint density at radius 1 is 1.37 bits per heavy atom. The molecular weight excluding hydrogens is 264 g/mol. The molecule has 0 saturated heterocycles. The third-order valence-corrected chi connectivity index (χ3v) is 3.74. The van der Waals surface area contributed by atoms with Crippen molar-refractivity contribution in [3.63, 3.8) is 0 Å². The summed E-state index contributed by atoms with van der Waals surface area (Å²) in [7, 11) is 0. The summed E-state index contributed by atoms with van der Waals surface area (Å²) in [5, 5.41) is 14.8. The maximum absolute atomic E-state index is 11.7. The first-order chi connectivity index (χ1) is 8.81. The Morgan fingerprint density at radius 2 is 2.00 bits per heavy atom. The highest BCUT2D eigenvalue weighted by atomic mass is 32.1. The number of carbonyl (C=O) groups excluding carboxylic acids is 1. The molecule has 19 heavy (non-hydrogen) atoms. The van der Waals surface area contributed by atoms with Crippen molar-refractivity contribution >= 4 is 23.2 Å². The number of hydrogen-bond acceptors (Lipinski definition) is 4. The summed E-state index contributed by atoms with van der Waals surface area (Å²) < 4.78 is 0. The van der Waals surface area contributed by atoms with Crippen molar-refractivity contribution in [3.8, 4) is 0 Å². The third-order valence-electron chi connectivity index (χ3n) is 2.65. The highest BCUT2D eigenvalue weighted by molar-refractivity contribution is 7.14. The Morgan fingerprint density at radius 3 is 2.47 bits per heavy atom. The minimum absolute atomic E-state index is 0.0543. The summed E-state index contributed by atoms with van der Waals surface area (Å²) in [6, 6.07) is 1.45. The maximum Gasteiger partial charge on any atom is 0.345 e. The molecule has 106 valence electrons. The molecule has 1 unspecified atom stereocenters. The zero-order valence-corrected chi connectivity index (χ0v) is 12.4. The van der Waals surface area contributed by atoms with Crippen LogP contribution in [-0.2, 0) is 11.3 Å². The fraction of sp³-hybridized carbons (Fsp3) is 0.538. The number of aryl methyl sites for hydroxylation is 1. The summed E-state index contributed by atoms with van der Waals surface area (Å²) in [4.78, 5) is 23.9. The molecular formula is C13H20N2O3S. The molecule has 0 aliphatic heterocycles. The van der Waals surface area contributed by atoms with Crippen LogP contribution in [0.5, 0.6) is 0 Å². The predicted molar refractivity (Wildman–Crippen MR) is 75.6 cm³/mol. The normalized spacial score (nSPS) is 12.5. The van der Waals surface area contributed by atoms with Gasteiger partial charge in [0, 0.05) is 17.5 Å². The second-order valence-electron chi connectivity index (χ2n) is 4.76. The van der Waals surface area contributed by atoms with Crippen LogP contribution in [0, 0.1) is 6.92 Å². The van der Waals surface area contributed by atoms with Gasteiger partial charge < -0.3 is 15.7 Å². The van der Waals surface area contributed by atoms with E-state index in [1.807, 2.05) is 20.8 Å². The molecule has 1 amide bonds. The Kier molecular flexibility index (Phi) is 5.50. The highest BCUT2D eigenvalue weighted by Crippen LogP contribution is 2.21. The van der Waals surface area contributed by atoms with Gasteiger partial charge in [-0.25, -0.2) is 4.79 Å². The van der Waals surface area contributed by atoms with Gasteiger partial charge in [0.2, 0.25) is 5.91 Å². The van der Waals surface area contributed by atoms with E-state index in [4.69, 9.17) is 5.11 Å². The molecule has 6 heteroatoms. The number of rotatable bonds is 6. The lowest BCUT2D eigenvalue weighted by Crippen LogP contribution is -2.44. The fourth-order valence-corrected chi connectivity index (χ4v) is 2.45. The van der Waals surface area contributed by atoms with Crippen LogP contribution in [0.3, 0.4) is 0 Å². The summed E-state index contributed by atoms with van der Waals surface area (Å²) in [5.74, 6) is -0.966. The van der Waals surface area contributed by atoms with Crippen LogP contribution in [0.4, 0.5) is 0 Å². The number of carboxylic acid groups (broad SMARTS) is 1. The van der Waals surface area contributed by atoms with E-state index >= 15 is 0 Å². The number of aromatic carboxylic acids is 1. The van der Waals surface area contributed by atoms with E-state index in [2.05, 4.69) is 10.6 Å². The van der Waals surface area contributed by atoms with Crippen molar-refractivity contribution in [3.05, 3.63) is 21.4 Å². The third kappa shape index (κ3) is 4.65. The van der Waals surface area contributed by atoms with Gasteiger partial charge in [0.05, 0.1) is 6.04 Å². The zero-order valence-electron chi connectivity index (χ0n) is 11.6. The lowest BCUT2D eigenvalue weighted by molar-refractivity contribution is -0.123. The molecule has 0 aliphatic carbocycles. The second-order valence-corrected chi connectivity index (χ2v) is 6.02. The van der Waals surface area contributed by atoms with Gasteiger partial charge in [-0.15, -0.1) is 11.3 Å². The Balaban J connectivity index is 2.57. The molecule has 0 fully saturated rings. The SMILES string of the molecule is Cc1sc(C(=O)O)cc1CNC(C)C(=O)NC(C)C. The van der Waals surface area contributed by atoms with Crippen molar-refractivity contribution in [1.82, 2.24) is 10.6 Å². The van der Waals surface area contributed by atoms with E-state index in [1.54, 1.807) is 13.0 Å². The first-order valence-electron chi connectivity index (χ1n) is 6.17. The van der Waals surface area contributed by atoms with E-state index in [0.717, 1.165) is 10.4 Å². The molecule has 0 aliphatic rings. The quantitative estimate of drug-likeness (QED) is 0.744. The first-order valence-corrected chi connectivity index (χ1v) is 6.99. The monoisotopic (exact) mass is 284 g/mol. The molecule has 0 aromatic carbocycles. The van der Waals surface area contributed by atoms with E-state index in [9.17, 15) is 9.59 Å². The number of hydrogen-bond donors (Lipinski definition) is 3. The summed E-state index contributed by atoms with van der Waals surface area (Å²) in [6.45, 7) is 7.98. The van der Waals surface area contributed by atoms with Crippen LogP contribution >= 0.6 is 11.3 Å². The van der Waals surface area contributed by atoms with Crippen molar-refractivity contribution < 1.29 is 14.7 Å². The fourth-order valence-electron chi connectivity index (χ4n) is 1.57. The largest absolute Gasteiger partial charge is 0.477 e. The average Bonchev–Trinajstić information content (AvgIpc) is 2.67. The molecule has 1 rings (SSSR count). The number of amides is 1. The van der Waals surface area contributed by atoms with E-state index in [0.29, 0.717) is 11.4 Å². The lowest BCUT2D eigenvalue weighted by atomic mass is 10.2. The Labute approximate surface area is 117 Å². The first kappa shape index (κ1) is 15.7. The van der Waals surface area contributed by atoms with Crippen LogP contribution in [0.2, 0.25) is 0 Å². The predicted octanol–water partition coefficient (Wildman–Crippen LogP) is 1.76. The Hall–Kier alpha value is -1.40. The molecule has 0 radical (unpaired) electrons. The zero-order chi connectivity index (χ0) is 14.6. The number of carboxylic acids is 1. The molecule has 3 N–H and O–H groups in total. The van der Waals surface area contributed by atoms with Gasteiger partial charge in [0.1, 0.15) is 4.88 Å².